The highest BCUT2D eigenvalue weighted by atomic mass is 31.4. The summed E-state index contributed by atoms with van der Waals surface area (Å²) in [6.45, 7) is 12.3. The second-order valence-electron chi connectivity index (χ2n) is 4.86. The van der Waals surface area contributed by atoms with Crippen LogP contribution in [0.3, 0.4) is 0 Å². The van der Waals surface area contributed by atoms with Crippen LogP contribution in [0, 0.1) is 0 Å². The van der Waals surface area contributed by atoms with Crippen molar-refractivity contribution < 1.29 is 0 Å². The average molecular weight is 218 g/mol. The van der Waals surface area contributed by atoms with Crippen LogP contribution in [0.25, 0.3) is 0 Å². The van der Waals surface area contributed by atoms with Gasteiger partial charge < -0.3 is 0 Å². The van der Waals surface area contributed by atoms with E-state index >= 15 is 0 Å². The van der Waals surface area contributed by atoms with Crippen molar-refractivity contribution in [3.05, 3.63) is 0 Å². The summed E-state index contributed by atoms with van der Waals surface area (Å²) in [6, 6.07) is 0. The van der Waals surface area contributed by atoms with Crippen LogP contribution in [-0.4, -0.2) is 20.1 Å². The highest BCUT2D eigenvalue weighted by Gasteiger charge is 2.24. The normalized spacial score (nSPS) is 12.5. The molecule has 0 heterocycles. The first kappa shape index (κ1) is 13.6. The monoisotopic (exact) mass is 218 g/mol. The maximum Gasteiger partial charge on any atom is 0.0719 e. The van der Waals surface area contributed by atoms with Crippen molar-refractivity contribution in [1.29, 1.82) is 0 Å². The predicted molar refractivity (Wildman–Crippen MR) is 69.8 cm³/mol. The third-order valence-electron chi connectivity index (χ3n) is 2.51. The Hall–Kier alpha value is 0.647. The van der Waals surface area contributed by atoms with E-state index in [1.807, 2.05) is 0 Å². The lowest BCUT2D eigenvalue weighted by atomic mass is 10.4. The number of rotatable bonds is 7. The fourth-order valence-electron chi connectivity index (χ4n) is 1.48. The Kier molecular flexibility index (Phi) is 7.36. The van der Waals surface area contributed by atoms with Gasteiger partial charge in [-0.25, -0.2) is 0 Å². The Morgan fingerprint density at radius 3 is 1.46 bits per heavy atom. The van der Waals surface area contributed by atoms with Gasteiger partial charge in [-0.15, -0.1) is 7.47 Å². The second kappa shape index (κ2) is 7.01. The summed E-state index contributed by atoms with van der Waals surface area (Å²) < 4.78 is 0. The molecule has 80 valence electrons. The zero-order valence-corrected chi connectivity index (χ0v) is 12.1. The molecular formula is C11H27PSi. The molecule has 0 rings (SSSR count). The van der Waals surface area contributed by atoms with Gasteiger partial charge in [-0.2, -0.15) is 0 Å². The van der Waals surface area contributed by atoms with E-state index in [0.717, 1.165) is 0 Å². The molecule has 0 N–H and O–H groups in total. The number of hydrogen-bond acceptors (Lipinski definition) is 0. The molecule has 0 amide bonds. The van der Waals surface area contributed by atoms with E-state index in [9.17, 15) is 0 Å². The first-order chi connectivity index (χ1) is 6.02. The van der Waals surface area contributed by atoms with E-state index in [1.165, 1.54) is 25.7 Å². The summed E-state index contributed by atoms with van der Waals surface area (Å²) >= 11 is 0. The highest BCUT2D eigenvalue weighted by molar-refractivity contribution is 7.94. The zero-order chi connectivity index (χ0) is 10.3. The molecule has 0 nitrogen and oxygen atoms in total. The molecule has 2 heteroatoms. The van der Waals surface area contributed by atoms with Crippen molar-refractivity contribution in [2.45, 2.75) is 59.2 Å². The molecule has 0 saturated carbocycles. The van der Waals surface area contributed by atoms with Crippen LogP contribution in [0.2, 0.25) is 19.6 Å². The smallest absolute Gasteiger partial charge is 0.0719 e. The lowest BCUT2D eigenvalue weighted by Crippen LogP contribution is -2.21. The predicted octanol–water partition coefficient (Wildman–Crippen LogP) is 4.90. The van der Waals surface area contributed by atoms with Gasteiger partial charge >= 0.3 is 0 Å². The minimum absolute atomic E-state index is 0.425. The molecule has 0 bridgehead atoms. The van der Waals surface area contributed by atoms with Crippen molar-refractivity contribution in [3.8, 4) is 0 Å². The average Bonchev–Trinajstić information content (AvgIpc) is 2.02. The summed E-state index contributed by atoms with van der Waals surface area (Å²) in [7, 11) is -0.371. The molecule has 0 fully saturated rings. The van der Waals surface area contributed by atoms with Crippen LogP contribution in [-0.2, 0) is 0 Å². The van der Waals surface area contributed by atoms with E-state index in [1.54, 1.807) is 12.3 Å². The van der Waals surface area contributed by atoms with Crippen molar-refractivity contribution in [2.75, 3.05) is 12.3 Å². The van der Waals surface area contributed by atoms with Gasteiger partial charge in [0.2, 0.25) is 0 Å². The third-order valence-corrected chi connectivity index (χ3v) is 13.2. The Morgan fingerprint density at radius 2 is 1.23 bits per heavy atom. The van der Waals surface area contributed by atoms with Gasteiger partial charge in [0.15, 0.2) is 0 Å². The molecule has 0 saturated heterocycles. The number of hydrogen-bond donors (Lipinski definition) is 0. The molecule has 0 aromatic rings. The van der Waals surface area contributed by atoms with Crippen LogP contribution in [0.1, 0.15) is 39.5 Å². The SMILES string of the molecule is CCCCP(CCCC)[Si](C)(C)C. The molecule has 0 atom stereocenters. The molecule has 0 aliphatic heterocycles. The summed E-state index contributed by atoms with van der Waals surface area (Å²) in [5, 5.41) is 0. The molecule has 0 spiro atoms. The first-order valence-corrected chi connectivity index (χ1v) is 11.8. The van der Waals surface area contributed by atoms with Crippen molar-refractivity contribution in [1.82, 2.24) is 0 Å². The van der Waals surface area contributed by atoms with Gasteiger partial charge in [0.1, 0.15) is 0 Å². The van der Waals surface area contributed by atoms with Crippen molar-refractivity contribution in [3.63, 3.8) is 0 Å². The van der Waals surface area contributed by atoms with Crippen LogP contribution in [0.4, 0.5) is 0 Å². The minimum Gasteiger partial charge on any atom is -0.119 e. The third kappa shape index (κ3) is 6.68. The second-order valence-corrected chi connectivity index (χ2v) is 17.1. The van der Waals surface area contributed by atoms with Gasteiger partial charge in [-0.1, -0.05) is 46.3 Å². The van der Waals surface area contributed by atoms with E-state index in [-0.39, 0.29) is 0 Å². The molecule has 0 unspecified atom stereocenters. The summed E-state index contributed by atoms with van der Waals surface area (Å²) in [5.41, 5.74) is 0. The van der Waals surface area contributed by atoms with Gasteiger partial charge in [0, 0.05) is 0 Å². The molecule has 0 aromatic carbocycles. The molecule has 0 aliphatic rings. The Labute approximate surface area is 87.1 Å². The Morgan fingerprint density at radius 1 is 0.846 bits per heavy atom. The molecular weight excluding hydrogens is 191 g/mol. The Balaban J connectivity index is 3.88. The molecule has 0 aliphatic carbocycles. The van der Waals surface area contributed by atoms with Crippen molar-refractivity contribution in [2.24, 2.45) is 0 Å². The molecule has 13 heavy (non-hydrogen) atoms. The maximum absolute atomic E-state index is 2.56. The quantitative estimate of drug-likeness (QED) is 0.421. The Bertz CT molecular complexity index is 110. The largest absolute Gasteiger partial charge is 0.119 e. The van der Waals surface area contributed by atoms with Gasteiger partial charge in [0.25, 0.3) is 0 Å². The lowest BCUT2D eigenvalue weighted by molar-refractivity contribution is 0.871. The first-order valence-electron chi connectivity index (χ1n) is 5.77. The minimum atomic E-state index is -0.796. The van der Waals surface area contributed by atoms with Crippen LogP contribution in [0.15, 0.2) is 0 Å². The van der Waals surface area contributed by atoms with E-state index < -0.39 is 7.74 Å². The van der Waals surface area contributed by atoms with E-state index in [2.05, 4.69) is 33.5 Å². The van der Waals surface area contributed by atoms with E-state index in [0.29, 0.717) is 7.47 Å². The van der Waals surface area contributed by atoms with Crippen LogP contribution in [0.5, 0.6) is 0 Å². The topological polar surface area (TPSA) is 0 Å². The summed E-state index contributed by atoms with van der Waals surface area (Å²) in [5.74, 6) is 0. The standard InChI is InChI=1S/C11H27PSi/c1-6-8-10-12(11-9-7-2)13(3,4)5/h6-11H2,1-5H3. The van der Waals surface area contributed by atoms with Crippen LogP contribution >= 0.6 is 7.47 Å². The van der Waals surface area contributed by atoms with Gasteiger partial charge in [-0.05, 0) is 25.2 Å². The lowest BCUT2D eigenvalue weighted by Gasteiger charge is -2.29. The van der Waals surface area contributed by atoms with Crippen molar-refractivity contribution >= 4 is 15.2 Å². The fraction of sp³-hybridized carbons (Fsp3) is 1.00. The summed E-state index contributed by atoms with van der Waals surface area (Å²) in [4.78, 5) is 0. The zero-order valence-electron chi connectivity index (χ0n) is 10.2. The van der Waals surface area contributed by atoms with Gasteiger partial charge in [-0.3, -0.25) is 0 Å². The number of unbranched alkanes of at least 4 members (excludes halogenated alkanes) is 2. The highest BCUT2D eigenvalue weighted by Crippen LogP contribution is 2.47. The van der Waals surface area contributed by atoms with Gasteiger partial charge in [0.05, 0.1) is 7.74 Å². The maximum atomic E-state index is 2.56. The molecule has 0 aromatic heterocycles. The van der Waals surface area contributed by atoms with E-state index in [4.69, 9.17) is 0 Å². The van der Waals surface area contributed by atoms with Crippen LogP contribution < -0.4 is 0 Å². The molecule has 0 radical (unpaired) electrons. The fourth-order valence-corrected chi connectivity index (χ4v) is 9.42. The summed E-state index contributed by atoms with van der Waals surface area (Å²) in [6.07, 6.45) is 8.83.